The fourth-order valence-corrected chi connectivity index (χ4v) is 5.32. The summed E-state index contributed by atoms with van der Waals surface area (Å²) in [6.45, 7) is 13.3. The van der Waals surface area contributed by atoms with Gasteiger partial charge in [0.05, 0.1) is 5.60 Å². The van der Waals surface area contributed by atoms with Gasteiger partial charge >= 0.3 is 0 Å². The summed E-state index contributed by atoms with van der Waals surface area (Å²) in [7, 11) is -1.50. The molecule has 0 radical (unpaired) electrons. The summed E-state index contributed by atoms with van der Waals surface area (Å²) < 4.78 is 6.58. The number of unbranched alkanes of at least 4 members (excludes halogenated alkanes) is 6. The fourth-order valence-electron chi connectivity index (χ4n) is 3.82. The second-order valence-electron chi connectivity index (χ2n) is 7.87. The minimum Gasteiger partial charge on any atom is -0.408 e. The van der Waals surface area contributed by atoms with Gasteiger partial charge in [0.1, 0.15) is 0 Å². The van der Waals surface area contributed by atoms with Gasteiger partial charge in [0.25, 0.3) is 0 Å². The van der Waals surface area contributed by atoms with Gasteiger partial charge in [0, 0.05) is 0 Å². The Labute approximate surface area is 134 Å². The van der Waals surface area contributed by atoms with Gasteiger partial charge in [-0.25, -0.2) is 0 Å². The molecule has 124 valence electrons. The quantitative estimate of drug-likeness (QED) is 0.234. The topological polar surface area (TPSA) is 9.23 Å². The van der Waals surface area contributed by atoms with Crippen LogP contribution in [0.3, 0.4) is 0 Å². The van der Waals surface area contributed by atoms with Crippen LogP contribution in [0.4, 0.5) is 0 Å². The van der Waals surface area contributed by atoms with Crippen molar-refractivity contribution in [2.45, 2.75) is 103 Å². The fraction of sp³-hybridized carbons (Fsp3) is 0.895. The van der Waals surface area contributed by atoms with Crippen molar-refractivity contribution in [3.8, 4) is 0 Å². The first-order chi connectivity index (χ1) is 9.93. The van der Waals surface area contributed by atoms with Crippen LogP contribution in [-0.4, -0.2) is 13.9 Å². The minimum absolute atomic E-state index is 0.00663. The molecule has 1 fully saturated rings. The lowest BCUT2D eigenvalue weighted by molar-refractivity contribution is 0.0653. The molecule has 1 nitrogen and oxygen atoms in total. The highest BCUT2D eigenvalue weighted by Crippen LogP contribution is 2.44. The van der Waals surface area contributed by atoms with E-state index in [1.54, 1.807) is 0 Å². The van der Waals surface area contributed by atoms with Gasteiger partial charge in [-0.15, -0.1) is 6.58 Å². The van der Waals surface area contributed by atoms with Crippen LogP contribution in [0.1, 0.15) is 77.6 Å². The maximum absolute atomic E-state index is 6.58. The monoisotopic (exact) mass is 310 g/mol. The highest BCUT2D eigenvalue weighted by molar-refractivity contribution is 6.69. The molecule has 2 heteroatoms. The van der Waals surface area contributed by atoms with Crippen LogP contribution >= 0.6 is 0 Å². The molecular formula is C19H38OSi. The summed E-state index contributed by atoms with van der Waals surface area (Å²) in [5, 5.41) is 0. The van der Waals surface area contributed by atoms with E-state index < -0.39 is 8.32 Å². The third-order valence-corrected chi connectivity index (χ3v) is 5.80. The maximum Gasteiger partial charge on any atom is 0.184 e. The predicted molar refractivity (Wildman–Crippen MR) is 97.3 cm³/mol. The lowest BCUT2D eigenvalue weighted by Crippen LogP contribution is -2.43. The molecule has 0 N–H and O–H groups in total. The Hall–Kier alpha value is -0.0831. The van der Waals surface area contributed by atoms with E-state index in [-0.39, 0.29) is 5.60 Å². The van der Waals surface area contributed by atoms with Crippen molar-refractivity contribution < 1.29 is 4.43 Å². The van der Waals surface area contributed by atoms with Crippen molar-refractivity contribution in [1.82, 2.24) is 0 Å². The van der Waals surface area contributed by atoms with Crippen molar-refractivity contribution in [2.75, 3.05) is 0 Å². The van der Waals surface area contributed by atoms with Crippen molar-refractivity contribution in [2.24, 2.45) is 5.92 Å². The summed E-state index contributed by atoms with van der Waals surface area (Å²) >= 11 is 0. The highest BCUT2D eigenvalue weighted by Gasteiger charge is 2.43. The molecule has 1 saturated carbocycles. The summed E-state index contributed by atoms with van der Waals surface area (Å²) in [6.07, 6.45) is 17.1. The molecular weight excluding hydrogens is 272 g/mol. The SMILES string of the molecule is C=CC1(O[Si](C)(C)C)CCCC1CCCCCCCCC. The zero-order valence-electron chi connectivity index (χ0n) is 15.0. The normalized spacial score (nSPS) is 26.2. The first kappa shape index (κ1) is 19.0. The summed E-state index contributed by atoms with van der Waals surface area (Å²) in [6, 6.07) is 0. The Morgan fingerprint density at radius 1 is 1.10 bits per heavy atom. The minimum atomic E-state index is -1.50. The van der Waals surface area contributed by atoms with Crippen LogP contribution in [-0.2, 0) is 4.43 Å². The second kappa shape index (κ2) is 9.15. The molecule has 0 spiro atoms. The van der Waals surface area contributed by atoms with Gasteiger partial charge in [-0.05, 0) is 51.2 Å². The third-order valence-electron chi connectivity index (χ3n) is 4.81. The molecule has 1 aliphatic rings. The maximum atomic E-state index is 6.58. The largest absolute Gasteiger partial charge is 0.408 e. The molecule has 0 heterocycles. The smallest absolute Gasteiger partial charge is 0.184 e. The van der Waals surface area contributed by atoms with Crippen molar-refractivity contribution in [3.63, 3.8) is 0 Å². The molecule has 1 aliphatic carbocycles. The van der Waals surface area contributed by atoms with Crippen LogP contribution in [0.25, 0.3) is 0 Å². The summed E-state index contributed by atoms with van der Waals surface area (Å²) in [5.74, 6) is 0.720. The average Bonchev–Trinajstić information content (AvgIpc) is 2.79. The molecule has 1 rings (SSSR count). The molecule has 21 heavy (non-hydrogen) atoms. The number of hydrogen-bond acceptors (Lipinski definition) is 1. The Bertz CT molecular complexity index is 294. The Kier molecular flexibility index (Phi) is 8.26. The molecule has 0 bridgehead atoms. The van der Waals surface area contributed by atoms with Crippen molar-refractivity contribution in [3.05, 3.63) is 12.7 Å². The van der Waals surface area contributed by atoms with Gasteiger partial charge in [0.15, 0.2) is 8.32 Å². The zero-order valence-corrected chi connectivity index (χ0v) is 16.0. The van der Waals surface area contributed by atoms with Crippen molar-refractivity contribution >= 4 is 8.32 Å². The van der Waals surface area contributed by atoms with E-state index >= 15 is 0 Å². The third kappa shape index (κ3) is 6.69. The van der Waals surface area contributed by atoms with Crippen LogP contribution in [0.15, 0.2) is 12.7 Å². The van der Waals surface area contributed by atoms with Crippen LogP contribution < -0.4 is 0 Å². The highest BCUT2D eigenvalue weighted by atomic mass is 28.4. The molecule has 0 aliphatic heterocycles. The first-order valence-electron chi connectivity index (χ1n) is 9.27. The number of rotatable bonds is 11. The van der Waals surface area contributed by atoms with Crippen LogP contribution in [0.5, 0.6) is 0 Å². The molecule has 0 saturated heterocycles. The van der Waals surface area contributed by atoms with E-state index in [1.165, 1.54) is 70.6 Å². The zero-order chi connectivity index (χ0) is 15.8. The average molecular weight is 311 g/mol. The van der Waals surface area contributed by atoms with Crippen molar-refractivity contribution in [1.29, 1.82) is 0 Å². The van der Waals surface area contributed by atoms with E-state index in [9.17, 15) is 0 Å². The predicted octanol–water partition coefficient (Wildman–Crippen LogP) is 6.70. The Morgan fingerprint density at radius 3 is 2.29 bits per heavy atom. The van der Waals surface area contributed by atoms with E-state index in [0.29, 0.717) is 0 Å². The van der Waals surface area contributed by atoms with E-state index in [0.717, 1.165) is 5.92 Å². The van der Waals surface area contributed by atoms with Gasteiger partial charge < -0.3 is 4.43 Å². The van der Waals surface area contributed by atoms with Crippen LogP contribution in [0, 0.1) is 5.92 Å². The van der Waals surface area contributed by atoms with E-state index in [1.807, 2.05) is 0 Å². The second-order valence-corrected chi connectivity index (χ2v) is 12.3. The van der Waals surface area contributed by atoms with Gasteiger partial charge in [-0.3, -0.25) is 0 Å². The summed E-state index contributed by atoms with van der Waals surface area (Å²) in [4.78, 5) is 0. The summed E-state index contributed by atoms with van der Waals surface area (Å²) in [5.41, 5.74) is 0.00663. The lowest BCUT2D eigenvalue weighted by atomic mass is 9.86. The Balaban J connectivity index is 2.33. The Morgan fingerprint density at radius 2 is 1.71 bits per heavy atom. The molecule has 0 amide bonds. The van der Waals surface area contributed by atoms with Gasteiger partial charge in [-0.1, -0.05) is 57.9 Å². The lowest BCUT2D eigenvalue weighted by Gasteiger charge is -2.38. The van der Waals surface area contributed by atoms with E-state index in [4.69, 9.17) is 4.43 Å². The molecule has 0 aromatic heterocycles. The number of hydrogen-bond donors (Lipinski definition) is 0. The van der Waals surface area contributed by atoms with Crippen LogP contribution in [0.2, 0.25) is 19.6 Å². The van der Waals surface area contributed by atoms with Gasteiger partial charge in [0.2, 0.25) is 0 Å². The van der Waals surface area contributed by atoms with Gasteiger partial charge in [-0.2, -0.15) is 0 Å². The molecule has 2 unspecified atom stereocenters. The first-order valence-corrected chi connectivity index (χ1v) is 12.7. The standard InChI is InChI=1S/C19H38OSi/c1-6-8-9-10-11-12-13-15-18-16-14-17-19(18,7-2)20-21(3,4)5/h7,18H,2,6,8-17H2,1,3-5H3. The van der Waals surface area contributed by atoms with E-state index in [2.05, 4.69) is 39.2 Å². The molecule has 0 aromatic rings. The molecule has 0 aromatic carbocycles. The molecule has 2 atom stereocenters.